The minimum Gasteiger partial charge on any atom is -0.494 e. The molecule has 0 bridgehead atoms. The summed E-state index contributed by atoms with van der Waals surface area (Å²) in [6, 6.07) is 16.0. The fourth-order valence-electron chi connectivity index (χ4n) is 1.95. The molecule has 0 radical (unpaired) electrons. The molecule has 2 aromatic rings. The van der Waals surface area contributed by atoms with Crippen LogP contribution >= 0.6 is 0 Å². The molecule has 0 aliphatic carbocycles. The molecule has 0 atom stereocenters. The van der Waals surface area contributed by atoms with Crippen LogP contribution in [-0.2, 0) is 0 Å². The second-order valence-corrected chi connectivity index (χ2v) is 5.16. The number of nitrogen functional groups attached to an aromatic ring is 1. The number of ether oxygens (including phenoxy) is 1. The van der Waals surface area contributed by atoms with Crippen molar-refractivity contribution in [1.82, 2.24) is 0 Å². The van der Waals surface area contributed by atoms with Crippen LogP contribution in [0.15, 0.2) is 60.7 Å². The Morgan fingerprint density at radius 1 is 0.864 bits per heavy atom. The Labute approximate surface area is 132 Å². The van der Waals surface area contributed by atoms with Crippen LogP contribution in [0.2, 0.25) is 0 Å². The lowest BCUT2D eigenvalue weighted by atomic mass is 10.1. The van der Waals surface area contributed by atoms with E-state index >= 15 is 0 Å². The lowest BCUT2D eigenvalue weighted by Crippen LogP contribution is -1.95. The SMILES string of the molecule is CCCCOc1ccc(/C=C/C=C/c2ccc(N)cc2)cc1. The Hall–Kier alpha value is -2.48. The number of unbranched alkanes of at least 4 members (excludes halogenated alkanes) is 1. The van der Waals surface area contributed by atoms with Crippen molar-refractivity contribution in [3.8, 4) is 5.75 Å². The molecule has 0 saturated heterocycles. The lowest BCUT2D eigenvalue weighted by molar-refractivity contribution is 0.309. The van der Waals surface area contributed by atoms with Crippen LogP contribution in [-0.4, -0.2) is 6.61 Å². The highest BCUT2D eigenvalue weighted by atomic mass is 16.5. The van der Waals surface area contributed by atoms with E-state index in [1.165, 1.54) is 0 Å². The maximum Gasteiger partial charge on any atom is 0.119 e. The maximum absolute atomic E-state index is 5.66. The first-order chi connectivity index (χ1) is 10.8. The minimum atomic E-state index is 0.786. The van der Waals surface area contributed by atoms with Crippen molar-refractivity contribution in [1.29, 1.82) is 0 Å². The molecule has 2 aromatic carbocycles. The molecule has 114 valence electrons. The number of benzene rings is 2. The predicted molar refractivity (Wildman–Crippen MR) is 95.8 cm³/mol. The van der Waals surface area contributed by atoms with Crippen LogP contribution in [0.3, 0.4) is 0 Å². The third kappa shape index (κ3) is 5.49. The van der Waals surface area contributed by atoms with Gasteiger partial charge in [0.1, 0.15) is 5.75 Å². The van der Waals surface area contributed by atoms with Gasteiger partial charge in [0, 0.05) is 5.69 Å². The Morgan fingerprint density at radius 3 is 1.95 bits per heavy atom. The lowest BCUT2D eigenvalue weighted by Gasteiger charge is -2.04. The average Bonchev–Trinajstić information content (AvgIpc) is 2.55. The van der Waals surface area contributed by atoms with Crippen LogP contribution < -0.4 is 10.5 Å². The zero-order valence-corrected chi connectivity index (χ0v) is 13.0. The third-order valence-electron chi connectivity index (χ3n) is 3.27. The number of hydrogen-bond donors (Lipinski definition) is 1. The van der Waals surface area contributed by atoms with Gasteiger partial charge in [0.15, 0.2) is 0 Å². The zero-order valence-electron chi connectivity index (χ0n) is 13.0. The first-order valence-electron chi connectivity index (χ1n) is 7.71. The van der Waals surface area contributed by atoms with Crippen molar-refractivity contribution in [3.63, 3.8) is 0 Å². The summed E-state index contributed by atoms with van der Waals surface area (Å²) in [6.45, 7) is 2.95. The van der Waals surface area contributed by atoms with Gasteiger partial charge in [-0.25, -0.2) is 0 Å². The first kappa shape index (κ1) is 15.9. The summed E-state index contributed by atoms with van der Waals surface area (Å²) in [5.41, 5.74) is 8.74. The summed E-state index contributed by atoms with van der Waals surface area (Å²) in [7, 11) is 0. The van der Waals surface area contributed by atoms with Crippen LogP contribution in [0.4, 0.5) is 5.69 Å². The van der Waals surface area contributed by atoms with Gasteiger partial charge in [-0.1, -0.05) is 61.9 Å². The molecule has 2 nitrogen and oxygen atoms in total. The van der Waals surface area contributed by atoms with E-state index in [0.29, 0.717) is 0 Å². The molecule has 0 heterocycles. The van der Waals surface area contributed by atoms with Gasteiger partial charge < -0.3 is 10.5 Å². The molecule has 2 N–H and O–H groups in total. The van der Waals surface area contributed by atoms with E-state index < -0.39 is 0 Å². The molecule has 0 amide bonds. The fourth-order valence-corrected chi connectivity index (χ4v) is 1.95. The summed E-state index contributed by atoms with van der Waals surface area (Å²) >= 11 is 0. The van der Waals surface area contributed by atoms with Crippen molar-refractivity contribution in [2.45, 2.75) is 19.8 Å². The molecule has 0 saturated carbocycles. The third-order valence-corrected chi connectivity index (χ3v) is 3.27. The van der Waals surface area contributed by atoms with E-state index in [-0.39, 0.29) is 0 Å². The van der Waals surface area contributed by atoms with Gasteiger partial charge in [-0.3, -0.25) is 0 Å². The summed E-state index contributed by atoms with van der Waals surface area (Å²) in [5.74, 6) is 0.933. The first-order valence-corrected chi connectivity index (χ1v) is 7.71. The topological polar surface area (TPSA) is 35.2 Å². The minimum absolute atomic E-state index is 0.786. The maximum atomic E-state index is 5.66. The Morgan fingerprint density at radius 2 is 1.41 bits per heavy atom. The van der Waals surface area contributed by atoms with Gasteiger partial charge >= 0.3 is 0 Å². The smallest absolute Gasteiger partial charge is 0.119 e. The molecular formula is C20H23NO. The molecular weight excluding hydrogens is 270 g/mol. The van der Waals surface area contributed by atoms with Crippen molar-refractivity contribution in [2.24, 2.45) is 0 Å². The van der Waals surface area contributed by atoms with E-state index in [1.807, 2.05) is 48.6 Å². The van der Waals surface area contributed by atoms with Crippen molar-refractivity contribution in [3.05, 3.63) is 71.8 Å². The highest BCUT2D eigenvalue weighted by Crippen LogP contribution is 2.14. The second kappa shape index (κ2) is 8.73. The normalized spacial score (nSPS) is 11.3. The molecule has 2 heteroatoms. The molecule has 0 unspecified atom stereocenters. The fraction of sp³-hybridized carbons (Fsp3) is 0.200. The Bertz CT molecular complexity index is 609. The summed E-state index contributed by atoms with van der Waals surface area (Å²) in [4.78, 5) is 0. The van der Waals surface area contributed by atoms with Gasteiger partial charge in [-0.15, -0.1) is 0 Å². The second-order valence-electron chi connectivity index (χ2n) is 5.16. The number of hydrogen-bond acceptors (Lipinski definition) is 2. The molecule has 0 aliphatic heterocycles. The van der Waals surface area contributed by atoms with Gasteiger partial charge in [0.2, 0.25) is 0 Å². The van der Waals surface area contributed by atoms with Gasteiger partial charge in [-0.05, 0) is 41.8 Å². The van der Waals surface area contributed by atoms with Gasteiger partial charge in [0.25, 0.3) is 0 Å². The van der Waals surface area contributed by atoms with Crippen LogP contribution in [0.25, 0.3) is 12.2 Å². The van der Waals surface area contributed by atoms with Crippen molar-refractivity contribution in [2.75, 3.05) is 12.3 Å². The largest absolute Gasteiger partial charge is 0.494 e. The van der Waals surface area contributed by atoms with Gasteiger partial charge in [0.05, 0.1) is 6.61 Å². The van der Waals surface area contributed by atoms with E-state index in [2.05, 4.69) is 31.2 Å². The monoisotopic (exact) mass is 293 g/mol. The number of anilines is 1. The quantitative estimate of drug-likeness (QED) is 0.434. The standard InChI is InChI=1S/C20H23NO/c1-2-3-16-22-20-14-10-18(11-15-20)7-5-4-6-17-8-12-19(21)13-9-17/h4-15H,2-3,16,21H2,1H3/b6-4+,7-5+. The van der Waals surface area contributed by atoms with Crippen molar-refractivity contribution >= 4 is 17.8 Å². The molecule has 0 aromatic heterocycles. The summed E-state index contributed by atoms with van der Waals surface area (Å²) in [5, 5.41) is 0. The highest BCUT2D eigenvalue weighted by Gasteiger charge is 1.92. The van der Waals surface area contributed by atoms with Crippen LogP contribution in [0, 0.1) is 0 Å². The van der Waals surface area contributed by atoms with E-state index in [9.17, 15) is 0 Å². The Kier molecular flexibility index (Phi) is 6.31. The molecule has 0 spiro atoms. The highest BCUT2D eigenvalue weighted by molar-refractivity contribution is 5.58. The van der Waals surface area contributed by atoms with Crippen molar-refractivity contribution < 1.29 is 4.74 Å². The van der Waals surface area contributed by atoms with E-state index in [1.54, 1.807) is 0 Å². The number of nitrogens with two attached hydrogens (primary N) is 1. The number of allylic oxidation sites excluding steroid dienone is 2. The zero-order chi connectivity index (χ0) is 15.6. The molecule has 0 fully saturated rings. The van der Waals surface area contributed by atoms with E-state index in [0.717, 1.165) is 42.0 Å². The molecule has 22 heavy (non-hydrogen) atoms. The summed E-state index contributed by atoms with van der Waals surface area (Å²) < 4.78 is 5.65. The van der Waals surface area contributed by atoms with Gasteiger partial charge in [-0.2, -0.15) is 0 Å². The molecule has 2 rings (SSSR count). The van der Waals surface area contributed by atoms with Crippen LogP contribution in [0.5, 0.6) is 5.75 Å². The number of rotatable bonds is 7. The van der Waals surface area contributed by atoms with E-state index in [4.69, 9.17) is 10.5 Å². The Balaban J connectivity index is 1.86. The molecule has 0 aliphatic rings. The predicted octanol–water partition coefficient (Wildman–Crippen LogP) is 5.17. The average molecular weight is 293 g/mol. The van der Waals surface area contributed by atoms with Crippen LogP contribution in [0.1, 0.15) is 30.9 Å². The summed E-state index contributed by atoms with van der Waals surface area (Å²) in [6.07, 6.45) is 10.4.